The minimum Gasteiger partial charge on any atom is -0.390 e. The Morgan fingerprint density at radius 2 is 1.79 bits per heavy atom. The predicted octanol–water partition coefficient (Wildman–Crippen LogP) is 0.175. The summed E-state index contributed by atoms with van der Waals surface area (Å²) in [5, 5.41) is 10.7. The van der Waals surface area contributed by atoms with Gasteiger partial charge in [0.25, 0.3) is 0 Å². The molecule has 28 heavy (non-hydrogen) atoms. The molecule has 2 amide bonds. The van der Waals surface area contributed by atoms with Crippen LogP contribution in [0.3, 0.4) is 0 Å². The second-order valence-corrected chi connectivity index (χ2v) is 8.10. The van der Waals surface area contributed by atoms with Crippen LogP contribution in [0.4, 0.5) is 10.1 Å². The fourth-order valence-corrected chi connectivity index (χ4v) is 4.53. The summed E-state index contributed by atoms with van der Waals surface area (Å²) in [6.07, 6.45) is 1.01. The summed E-state index contributed by atoms with van der Waals surface area (Å²) in [7, 11) is 0. The number of carbonyl (C=O) groups is 2. The van der Waals surface area contributed by atoms with Crippen molar-refractivity contribution in [1.29, 1.82) is 0 Å². The number of rotatable bonds is 4. The van der Waals surface area contributed by atoms with E-state index >= 15 is 0 Å². The Labute approximate surface area is 163 Å². The van der Waals surface area contributed by atoms with Gasteiger partial charge in [0, 0.05) is 45.3 Å². The zero-order chi connectivity index (χ0) is 19.9. The van der Waals surface area contributed by atoms with Crippen molar-refractivity contribution in [3.8, 4) is 0 Å². The van der Waals surface area contributed by atoms with E-state index in [4.69, 9.17) is 5.73 Å². The van der Waals surface area contributed by atoms with E-state index in [1.54, 1.807) is 17.0 Å². The molecule has 2 saturated heterocycles. The van der Waals surface area contributed by atoms with E-state index in [2.05, 4.69) is 4.90 Å². The van der Waals surface area contributed by atoms with Crippen molar-refractivity contribution in [2.24, 2.45) is 11.1 Å². The van der Waals surface area contributed by atoms with Crippen LogP contribution in [0.25, 0.3) is 0 Å². The number of anilines is 1. The molecule has 0 aromatic heterocycles. The first-order valence-corrected chi connectivity index (χ1v) is 9.93. The number of halogens is 1. The van der Waals surface area contributed by atoms with Crippen molar-refractivity contribution in [3.05, 3.63) is 30.1 Å². The molecule has 3 aliphatic rings. The van der Waals surface area contributed by atoms with Crippen LogP contribution in [0.2, 0.25) is 0 Å². The molecule has 0 radical (unpaired) electrons. The molecule has 7 nitrogen and oxygen atoms in total. The maximum Gasteiger partial charge on any atom is 0.238 e. The number of amides is 2. The first-order valence-electron chi connectivity index (χ1n) is 9.93. The molecule has 1 saturated carbocycles. The Morgan fingerprint density at radius 1 is 1.11 bits per heavy atom. The lowest BCUT2D eigenvalue weighted by atomic mass is 9.96. The molecular formula is C20H27FN4O3. The van der Waals surface area contributed by atoms with Crippen LogP contribution in [0, 0.1) is 11.2 Å². The number of nitrogens with zero attached hydrogens (tertiary/aromatic N) is 3. The van der Waals surface area contributed by atoms with Gasteiger partial charge in [-0.1, -0.05) is 12.1 Å². The van der Waals surface area contributed by atoms with Crippen LogP contribution in [-0.4, -0.2) is 78.1 Å². The van der Waals surface area contributed by atoms with Gasteiger partial charge >= 0.3 is 0 Å². The number of aliphatic hydroxyl groups is 1. The normalized spacial score (nSPS) is 27.5. The molecule has 4 rings (SSSR count). The minimum absolute atomic E-state index is 0.0319. The molecule has 1 aliphatic carbocycles. The van der Waals surface area contributed by atoms with Crippen LogP contribution in [0.5, 0.6) is 0 Å². The average Bonchev–Trinajstić information content (AvgIpc) is 3.50. The Kier molecular flexibility index (Phi) is 5.01. The predicted molar refractivity (Wildman–Crippen MR) is 102 cm³/mol. The fraction of sp³-hybridized carbons (Fsp3) is 0.600. The zero-order valence-corrected chi connectivity index (χ0v) is 15.9. The lowest BCUT2D eigenvalue weighted by Crippen LogP contribution is -2.60. The quantitative estimate of drug-likeness (QED) is 0.716. The summed E-state index contributed by atoms with van der Waals surface area (Å²) < 4.78 is 14.0. The lowest BCUT2D eigenvalue weighted by molar-refractivity contribution is -0.147. The first-order chi connectivity index (χ1) is 13.4. The molecule has 2 aliphatic heterocycles. The summed E-state index contributed by atoms with van der Waals surface area (Å²) in [4.78, 5) is 30.1. The summed E-state index contributed by atoms with van der Waals surface area (Å²) in [5.74, 6) is -1.01. The highest BCUT2D eigenvalue weighted by molar-refractivity contribution is 6.07. The van der Waals surface area contributed by atoms with E-state index in [1.165, 1.54) is 6.07 Å². The third kappa shape index (κ3) is 3.35. The summed E-state index contributed by atoms with van der Waals surface area (Å²) in [6, 6.07) is 6.74. The Hall–Kier alpha value is -2.19. The van der Waals surface area contributed by atoms with Gasteiger partial charge in [0.15, 0.2) is 0 Å². The van der Waals surface area contributed by atoms with E-state index in [0.29, 0.717) is 44.6 Å². The van der Waals surface area contributed by atoms with E-state index in [9.17, 15) is 19.1 Å². The van der Waals surface area contributed by atoms with E-state index < -0.39 is 17.4 Å². The lowest BCUT2D eigenvalue weighted by Gasteiger charge is -2.45. The molecule has 2 atom stereocenters. The van der Waals surface area contributed by atoms with Crippen LogP contribution in [-0.2, 0) is 9.59 Å². The number of primary amides is 1. The number of hydrogen-bond acceptors (Lipinski definition) is 5. The first kappa shape index (κ1) is 19.1. The standard InChI is InChI=1S/C20H27FN4O3/c21-14-3-1-2-4-15(14)23-9-11-24(12-10-23)16-5-8-25(13-17(16)26)19(28)20(6-7-20)18(22)27/h1-4,16-17,26H,5-13H2,(H2,22,27)/t16-,17-/m0/s1. The number of carbonyl (C=O) groups excluding carboxylic acids is 2. The molecule has 152 valence electrons. The SMILES string of the molecule is NC(=O)C1(C(=O)N2CC[C@H](N3CCN(c4ccccc4F)CC3)[C@@H](O)C2)CC1. The molecule has 0 spiro atoms. The topological polar surface area (TPSA) is 90.1 Å². The van der Waals surface area contributed by atoms with Gasteiger partial charge in [-0.2, -0.15) is 0 Å². The molecular weight excluding hydrogens is 363 g/mol. The summed E-state index contributed by atoms with van der Waals surface area (Å²) in [6.45, 7) is 3.59. The smallest absolute Gasteiger partial charge is 0.238 e. The maximum atomic E-state index is 14.0. The number of nitrogens with two attached hydrogens (primary N) is 1. The fourth-order valence-electron chi connectivity index (χ4n) is 4.53. The average molecular weight is 390 g/mol. The number of aliphatic hydroxyl groups excluding tert-OH is 1. The van der Waals surface area contributed by atoms with Gasteiger partial charge in [0.2, 0.25) is 11.8 Å². The monoisotopic (exact) mass is 390 g/mol. The van der Waals surface area contributed by atoms with Gasteiger partial charge in [-0.25, -0.2) is 4.39 Å². The highest BCUT2D eigenvalue weighted by Crippen LogP contribution is 2.47. The molecule has 0 unspecified atom stereocenters. The molecule has 3 N–H and O–H groups in total. The van der Waals surface area contributed by atoms with Crippen molar-refractivity contribution >= 4 is 17.5 Å². The van der Waals surface area contributed by atoms with E-state index in [-0.39, 0.29) is 24.3 Å². The maximum absolute atomic E-state index is 14.0. The van der Waals surface area contributed by atoms with E-state index in [0.717, 1.165) is 13.1 Å². The van der Waals surface area contributed by atoms with Crippen LogP contribution in [0.1, 0.15) is 19.3 Å². The largest absolute Gasteiger partial charge is 0.390 e. The van der Waals surface area contributed by atoms with Crippen molar-refractivity contribution < 1.29 is 19.1 Å². The molecule has 1 aromatic rings. The Morgan fingerprint density at radius 3 is 2.36 bits per heavy atom. The van der Waals surface area contributed by atoms with E-state index in [1.807, 2.05) is 11.0 Å². The van der Waals surface area contributed by atoms with Crippen molar-refractivity contribution in [3.63, 3.8) is 0 Å². The molecule has 8 heteroatoms. The molecule has 1 aromatic carbocycles. The Bertz CT molecular complexity index is 762. The molecule has 3 fully saturated rings. The number of likely N-dealkylation sites (tertiary alicyclic amines) is 1. The van der Waals surface area contributed by atoms with Gasteiger partial charge in [-0.05, 0) is 31.4 Å². The van der Waals surface area contributed by atoms with Crippen LogP contribution < -0.4 is 10.6 Å². The van der Waals surface area contributed by atoms with Gasteiger partial charge in [0.1, 0.15) is 11.2 Å². The van der Waals surface area contributed by atoms with Gasteiger partial charge in [-0.15, -0.1) is 0 Å². The Balaban J connectivity index is 1.33. The van der Waals surface area contributed by atoms with Gasteiger partial charge in [-0.3, -0.25) is 14.5 Å². The van der Waals surface area contributed by atoms with Gasteiger partial charge in [0.05, 0.1) is 11.8 Å². The summed E-state index contributed by atoms with van der Waals surface area (Å²) in [5.41, 5.74) is 4.99. The zero-order valence-electron chi connectivity index (χ0n) is 15.9. The third-order valence-corrected chi connectivity index (χ3v) is 6.44. The minimum atomic E-state index is -1.03. The number of piperazine rings is 1. The highest BCUT2D eigenvalue weighted by atomic mass is 19.1. The number of hydrogen-bond donors (Lipinski definition) is 2. The van der Waals surface area contributed by atoms with Crippen molar-refractivity contribution in [1.82, 2.24) is 9.80 Å². The third-order valence-electron chi connectivity index (χ3n) is 6.44. The number of benzene rings is 1. The van der Waals surface area contributed by atoms with Crippen molar-refractivity contribution in [2.45, 2.75) is 31.4 Å². The number of para-hydroxylation sites is 1. The van der Waals surface area contributed by atoms with Crippen LogP contribution >= 0.6 is 0 Å². The molecule has 0 bridgehead atoms. The number of β-amino-alcohol motifs (C(OH)–C–C–N with tert-alkyl or cyclic N) is 1. The van der Waals surface area contributed by atoms with Crippen molar-refractivity contribution in [2.75, 3.05) is 44.2 Å². The van der Waals surface area contributed by atoms with Gasteiger partial charge < -0.3 is 20.6 Å². The second kappa shape index (κ2) is 7.33. The highest BCUT2D eigenvalue weighted by Gasteiger charge is 2.57. The van der Waals surface area contributed by atoms with Crippen LogP contribution in [0.15, 0.2) is 24.3 Å². The summed E-state index contributed by atoms with van der Waals surface area (Å²) >= 11 is 0. The molecule has 2 heterocycles. The number of piperidine rings is 1. The second-order valence-electron chi connectivity index (χ2n) is 8.10.